The molecule has 2 aromatic rings. The summed E-state index contributed by atoms with van der Waals surface area (Å²) < 4.78 is 18.5. The molecule has 0 aliphatic carbocycles. The number of anilines is 1. The Kier molecular flexibility index (Phi) is 3.05. The maximum atomic E-state index is 13.3. The molecule has 4 nitrogen and oxygen atoms in total. The number of halogens is 2. The molecule has 1 N–H and O–H groups in total. The van der Waals surface area contributed by atoms with Crippen molar-refractivity contribution in [3.8, 4) is 0 Å². The molecule has 0 bridgehead atoms. The van der Waals surface area contributed by atoms with Crippen molar-refractivity contribution < 1.29 is 8.81 Å². The number of aromatic nitrogens is 2. The average molecular weight is 242 g/mol. The molecule has 0 aliphatic rings. The highest BCUT2D eigenvalue weighted by atomic mass is 35.5. The van der Waals surface area contributed by atoms with Crippen LogP contribution in [0.2, 0.25) is 5.02 Å². The normalized spacial score (nSPS) is 10.4. The molecule has 0 amide bonds. The van der Waals surface area contributed by atoms with E-state index < -0.39 is 5.82 Å². The second kappa shape index (κ2) is 4.49. The van der Waals surface area contributed by atoms with Gasteiger partial charge in [-0.3, -0.25) is 0 Å². The van der Waals surface area contributed by atoms with E-state index in [0.29, 0.717) is 11.7 Å². The second-order valence-electron chi connectivity index (χ2n) is 3.20. The Labute approximate surface area is 96.5 Å². The lowest BCUT2D eigenvalue weighted by molar-refractivity contribution is 0.478. The first-order chi connectivity index (χ1) is 7.65. The van der Waals surface area contributed by atoms with Crippen LogP contribution >= 0.6 is 11.6 Å². The minimum absolute atomic E-state index is 0.125. The van der Waals surface area contributed by atoms with Crippen molar-refractivity contribution in [2.45, 2.75) is 13.5 Å². The molecular formula is C10H9ClFN3O. The smallest absolute Gasteiger partial charge is 0.213 e. The largest absolute Gasteiger partial charge is 0.444 e. The van der Waals surface area contributed by atoms with Crippen LogP contribution in [0.3, 0.4) is 0 Å². The molecule has 2 heterocycles. The molecule has 0 radical (unpaired) electrons. The predicted octanol–water partition coefficient (Wildman–Crippen LogP) is 2.78. The number of pyridine rings is 1. The van der Waals surface area contributed by atoms with Crippen molar-refractivity contribution in [3.05, 3.63) is 41.0 Å². The molecule has 0 atom stereocenters. The molecule has 6 heteroatoms. The third-order valence-corrected chi connectivity index (χ3v) is 2.09. The number of aryl methyl sites for hydroxylation is 1. The van der Waals surface area contributed by atoms with Crippen LogP contribution in [0, 0.1) is 12.7 Å². The fourth-order valence-corrected chi connectivity index (χ4v) is 1.33. The van der Waals surface area contributed by atoms with Crippen LogP contribution in [0.4, 0.5) is 10.2 Å². The van der Waals surface area contributed by atoms with Gasteiger partial charge < -0.3 is 9.73 Å². The van der Waals surface area contributed by atoms with Crippen LogP contribution in [0.1, 0.15) is 11.7 Å². The van der Waals surface area contributed by atoms with E-state index in [2.05, 4.69) is 15.3 Å². The van der Waals surface area contributed by atoms with Gasteiger partial charge in [0.05, 0.1) is 17.8 Å². The Bertz CT molecular complexity index is 501. The molecule has 84 valence electrons. The Morgan fingerprint density at radius 3 is 2.88 bits per heavy atom. The van der Waals surface area contributed by atoms with Crippen molar-refractivity contribution >= 4 is 17.4 Å². The van der Waals surface area contributed by atoms with E-state index in [1.165, 1.54) is 12.3 Å². The van der Waals surface area contributed by atoms with Crippen LogP contribution in [0.25, 0.3) is 0 Å². The molecule has 0 spiro atoms. The van der Waals surface area contributed by atoms with Crippen molar-refractivity contribution in [1.29, 1.82) is 0 Å². The topological polar surface area (TPSA) is 51.0 Å². The zero-order valence-electron chi connectivity index (χ0n) is 8.50. The Morgan fingerprint density at radius 2 is 2.25 bits per heavy atom. The van der Waals surface area contributed by atoms with Gasteiger partial charge in [-0.05, 0) is 13.0 Å². The molecule has 0 unspecified atom stereocenters. The first-order valence-electron chi connectivity index (χ1n) is 4.61. The van der Waals surface area contributed by atoms with Gasteiger partial charge in [-0.25, -0.2) is 14.4 Å². The van der Waals surface area contributed by atoms with E-state index in [1.807, 2.05) is 0 Å². The zero-order valence-corrected chi connectivity index (χ0v) is 9.25. The summed E-state index contributed by atoms with van der Waals surface area (Å²) in [5.41, 5.74) is 0. The van der Waals surface area contributed by atoms with Gasteiger partial charge in [0.25, 0.3) is 0 Å². The van der Waals surface area contributed by atoms with Crippen molar-refractivity contribution in [1.82, 2.24) is 9.97 Å². The maximum absolute atomic E-state index is 13.3. The van der Waals surface area contributed by atoms with Gasteiger partial charge in [0.15, 0.2) is 11.6 Å². The van der Waals surface area contributed by atoms with Gasteiger partial charge >= 0.3 is 0 Å². The number of oxazole rings is 1. The van der Waals surface area contributed by atoms with Crippen LogP contribution in [0.5, 0.6) is 0 Å². The molecule has 0 saturated carbocycles. The van der Waals surface area contributed by atoms with Gasteiger partial charge in [0.1, 0.15) is 5.76 Å². The Hall–Kier alpha value is -1.62. The summed E-state index contributed by atoms with van der Waals surface area (Å²) in [5, 5.41) is 3.03. The minimum atomic E-state index is -0.504. The lowest BCUT2D eigenvalue weighted by atomic mass is 10.4. The molecule has 0 aliphatic heterocycles. The highest BCUT2D eigenvalue weighted by Gasteiger charge is 2.06. The first-order valence-corrected chi connectivity index (χ1v) is 4.99. The van der Waals surface area contributed by atoms with E-state index >= 15 is 0 Å². The van der Waals surface area contributed by atoms with Gasteiger partial charge in [0.2, 0.25) is 5.89 Å². The Balaban J connectivity index is 2.04. The SMILES string of the molecule is Cc1cnc(CNc2ncc(Cl)cc2F)o1. The molecule has 0 fully saturated rings. The molecule has 0 saturated heterocycles. The number of hydrogen-bond donors (Lipinski definition) is 1. The van der Waals surface area contributed by atoms with E-state index in [-0.39, 0.29) is 17.4 Å². The monoisotopic (exact) mass is 241 g/mol. The highest BCUT2D eigenvalue weighted by Crippen LogP contribution is 2.16. The Morgan fingerprint density at radius 1 is 1.44 bits per heavy atom. The van der Waals surface area contributed by atoms with E-state index in [1.54, 1.807) is 13.1 Å². The number of nitrogens with one attached hydrogen (secondary N) is 1. The van der Waals surface area contributed by atoms with Gasteiger partial charge in [-0.1, -0.05) is 11.6 Å². The third kappa shape index (κ3) is 2.49. The maximum Gasteiger partial charge on any atom is 0.213 e. The first kappa shape index (κ1) is 10.9. The van der Waals surface area contributed by atoms with Crippen molar-refractivity contribution in [2.75, 3.05) is 5.32 Å². The van der Waals surface area contributed by atoms with E-state index in [9.17, 15) is 4.39 Å². The second-order valence-corrected chi connectivity index (χ2v) is 3.64. The van der Waals surface area contributed by atoms with Crippen molar-refractivity contribution in [3.63, 3.8) is 0 Å². The van der Waals surface area contributed by atoms with Crippen LogP contribution < -0.4 is 5.32 Å². The van der Waals surface area contributed by atoms with E-state index in [0.717, 1.165) is 0 Å². The number of nitrogens with zero attached hydrogens (tertiary/aromatic N) is 2. The van der Waals surface area contributed by atoms with Crippen LogP contribution in [-0.4, -0.2) is 9.97 Å². The lowest BCUT2D eigenvalue weighted by Crippen LogP contribution is -2.03. The summed E-state index contributed by atoms with van der Waals surface area (Å²) in [6.45, 7) is 2.07. The predicted molar refractivity (Wildman–Crippen MR) is 57.8 cm³/mol. The molecular weight excluding hydrogens is 233 g/mol. The van der Waals surface area contributed by atoms with Gasteiger partial charge in [-0.2, -0.15) is 0 Å². The summed E-state index contributed by atoms with van der Waals surface area (Å²) in [6.07, 6.45) is 2.97. The summed E-state index contributed by atoms with van der Waals surface area (Å²) in [7, 11) is 0. The summed E-state index contributed by atoms with van der Waals surface area (Å²) in [6, 6.07) is 1.19. The average Bonchev–Trinajstić information content (AvgIpc) is 2.63. The standard InChI is InChI=1S/C10H9ClFN3O/c1-6-3-13-9(16-6)5-15-10-8(12)2-7(11)4-14-10/h2-4H,5H2,1H3,(H,14,15). The fraction of sp³-hybridized carbons (Fsp3) is 0.200. The van der Waals surface area contributed by atoms with Crippen LogP contribution in [-0.2, 0) is 6.54 Å². The summed E-state index contributed by atoms with van der Waals surface area (Å²) >= 11 is 5.58. The van der Waals surface area contributed by atoms with Crippen molar-refractivity contribution in [2.24, 2.45) is 0 Å². The van der Waals surface area contributed by atoms with Crippen LogP contribution in [0.15, 0.2) is 22.9 Å². The quantitative estimate of drug-likeness (QED) is 0.898. The zero-order chi connectivity index (χ0) is 11.5. The third-order valence-electron chi connectivity index (χ3n) is 1.88. The number of hydrogen-bond acceptors (Lipinski definition) is 4. The molecule has 2 rings (SSSR count). The molecule has 2 aromatic heterocycles. The summed E-state index contributed by atoms with van der Waals surface area (Å²) in [5.74, 6) is 0.811. The minimum Gasteiger partial charge on any atom is -0.444 e. The molecule has 16 heavy (non-hydrogen) atoms. The molecule has 0 aromatic carbocycles. The highest BCUT2D eigenvalue weighted by molar-refractivity contribution is 6.30. The fourth-order valence-electron chi connectivity index (χ4n) is 1.19. The van der Waals surface area contributed by atoms with Gasteiger partial charge in [-0.15, -0.1) is 0 Å². The summed E-state index contributed by atoms with van der Waals surface area (Å²) in [4.78, 5) is 7.78. The van der Waals surface area contributed by atoms with Gasteiger partial charge in [0, 0.05) is 6.20 Å². The lowest BCUT2D eigenvalue weighted by Gasteiger charge is -2.03. The van der Waals surface area contributed by atoms with E-state index in [4.69, 9.17) is 16.0 Å². The number of rotatable bonds is 3.